The number of nitrogens with one attached hydrogen (secondary N) is 2. The molecule has 0 aromatic heterocycles. The molecule has 18 heavy (non-hydrogen) atoms. The maximum Gasteiger partial charge on any atom is 0.319 e. The number of likely N-dealkylation sites (tertiary alicyclic amines) is 1. The highest BCUT2D eigenvalue weighted by Gasteiger charge is 2.20. The minimum atomic E-state index is -0.169. The number of likely N-dealkylation sites (N-methyl/N-ethyl adjacent to an activating group) is 1. The van der Waals surface area contributed by atoms with Crippen LogP contribution < -0.4 is 10.6 Å². The molecule has 2 amide bonds. The van der Waals surface area contributed by atoms with Crippen molar-refractivity contribution in [1.29, 1.82) is 0 Å². The first-order valence-electron chi connectivity index (χ1n) is 6.16. The van der Waals surface area contributed by atoms with Crippen molar-refractivity contribution in [3.63, 3.8) is 0 Å². The van der Waals surface area contributed by atoms with Crippen LogP contribution in [0.1, 0.15) is 12.8 Å². The summed E-state index contributed by atoms with van der Waals surface area (Å²) in [6.07, 6.45) is 2.36. The zero-order valence-electron chi connectivity index (χ0n) is 10.4. The molecule has 0 saturated carbocycles. The van der Waals surface area contributed by atoms with Crippen molar-refractivity contribution < 1.29 is 4.79 Å². The first kappa shape index (κ1) is 13.2. The average molecular weight is 268 g/mol. The van der Waals surface area contributed by atoms with Gasteiger partial charge >= 0.3 is 6.03 Å². The van der Waals surface area contributed by atoms with Crippen LogP contribution in [0.2, 0.25) is 5.02 Å². The summed E-state index contributed by atoms with van der Waals surface area (Å²) in [6, 6.07) is 7.36. The Kier molecular flexibility index (Phi) is 4.44. The highest BCUT2D eigenvalue weighted by Crippen LogP contribution is 2.14. The highest BCUT2D eigenvalue weighted by atomic mass is 35.5. The van der Waals surface area contributed by atoms with E-state index < -0.39 is 0 Å². The van der Waals surface area contributed by atoms with E-state index in [1.54, 1.807) is 24.3 Å². The number of nitrogens with zero attached hydrogens (tertiary/aromatic N) is 1. The van der Waals surface area contributed by atoms with Gasteiger partial charge in [0.2, 0.25) is 0 Å². The largest absolute Gasteiger partial charge is 0.336 e. The van der Waals surface area contributed by atoms with E-state index in [0.717, 1.165) is 18.7 Å². The van der Waals surface area contributed by atoms with E-state index in [1.165, 1.54) is 6.42 Å². The summed E-state index contributed by atoms with van der Waals surface area (Å²) in [5, 5.41) is 6.33. The van der Waals surface area contributed by atoms with Crippen molar-refractivity contribution in [3.8, 4) is 0 Å². The number of anilines is 1. The molecule has 0 aliphatic carbocycles. The van der Waals surface area contributed by atoms with Crippen molar-refractivity contribution in [2.75, 3.05) is 25.5 Å². The lowest BCUT2D eigenvalue weighted by Crippen LogP contribution is -2.40. The van der Waals surface area contributed by atoms with Crippen LogP contribution in [0.3, 0.4) is 0 Å². The average Bonchev–Trinajstić information content (AvgIpc) is 2.75. The fraction of sp³-hybridized carbons (Fsp3) is 0.462. The van der Waals surface area contributed by atoms with E-state index in [4.69, 9.17) is 11.6 Å². The highest BCUT2D eigenvalue weighted by molar-refractivity contribution is 6.30. The number of urea groups is 1. The molecule has 0 spiro atoms. The van der Waals surface area contributed by atoms with Gasteiger partial charge in [-0.2, -0.15) is 0 Å². The SMILES string of the molecule is CN1CCCC1CNC(=O)Nc1ccc(Cl)cc1. The van der Waals surface area contributed by atoms with E-state index in [1.807, 2.05) is 0 Å². The van der Waals surface area contributed by atoms with Gasteiger partial charge in [0, 0.05) is 23.3 Å². The number of halogens is 1. The minimum absolute atomic E-state index is 0.169. The number of hydrogen-bond donors (Lipinski definition) is 2. The van der Waals surface area contributed by atoms with Gasteiger partial charge in [-0.3, -0.25) is 0 Å². The quantitative estimate of drug-likeness (QED) is 0.884. The van der Waals surface area contributed by atoms with E-state index in [-0.39, 0.29) is 6.03 Å². The van der Waals surface area contributed by atoms with Crippen LogP contribution in [-0.2, 0) is 0 Å². The molecule has 1 atom stereocenters. The van der Waals surface area contributed by atoms with Gasteiger partial charge in [0.05, 0.1) is 0 Å². The summed E-state index contributed by atoms with van der Waals surface area (Å²) in [7, 11) is 2.09. The molecule has 4 nitrogen and oxygen atoms in total. The van der Waals surface area contributed by atoms with Gasteiger partial charge in [0.25, 0.3) is 0 Å². The van der Waals surface area contributed by atoms with Crippen LogP contribution in [0.15, 0.2) is 24.3 Å². The number of benzene rings is 1. The van der Waals surface area contributed by atoms with Crippen LogP contribution in [0, 0.1) is 0 Å². The third-order valence-electron chi connectivity index (χ3n) is 3.27. The molecule has 1 aromatic rings. The normalized spacial score (nSPS) is 19.8. The zero-order chi connectivity index (χ0) is 13.0. The van der Waals surface area contributed by atoms with Gasteiger partial charge in [-0.25, -0.2) is 4.79 Å². The molecule has 1 aliphatic rings. The maximum atomic E-state index is 11.7. The summed E-state index contributed by atoms with van der Waals surface area (Å²) in [6.45, 7) is 1.81. The van der Waals surface area contributed by atoms with Gasteiger partial charge in [-0.15, -0.1) is 0 Å². The van der Waals surface area contributed by atoms with E-state index in [0.29, 0.717) is 17.6 Å². The first-order valence-corrected chi connectivity index (χ1v) is 6.53. The smallest absolute Gasteiger partial charge is 0.319 e. The van der Waals surface area contributed by atoms with Gasteiger partial charge in [0.1, 0.15) is 0 Å². The summed E-state index contributed by atoms with van der Waals surface area (Å²) in [5.74, 6) is 0. The van der Waals surface area contributed by atoms with Crippen molar-refractivity contribution in [1.82, 2.24) is 10.2 Å². The Morgan fingerprint density at radius 2 is 2.17 bits per heavy atom. The third kappa shape index (κ3) is 3.62. The standard InChI is InChI=1S/C13H18ClN3O/c1-17-8-2-3-12(17)9-15-13(18)16-11-6-4-10(14)5-7-11/h4-7,12H,2-3,8-9H2,1H3,(H2,15,16,18). The Morgan fingerprint density at radius 1 is 1.44 bits per heavy atom. The number of rotatable bonds is 3. The number of carbonyl (C=O) groups is 1. The number of hydrogen-bond acceptors (Lipinski definition) is 2. The summed E-state index contributed by atoms with van der Waals surface area (Å²) in [4.78, 5) is 14.0. The molecule has 1 fully saturated rings. The van der Waals surface area contributed by atoms with Gasteiger partial charge in [0.15, 0.2) is 0 Å². The van der Waals surface area contributed by atoms with E-state index >= 15 is 0 Å². The molecule has 5 heteroatoms. The lowest BCUT2D eigenvalue weighted by molar-refractivity contribution is 0.245. The van der Waals surface area contributed by atoms with E-state index in [2.05, 4.69) is 22.6 Å². The second-order valence-corrected chi connectivity index (χ2v) is 5.06. The Balaban J connectivity index is 1.76. The maximum absolute atomic E-state index is 11.7. The second kappa shape index (κ2) is 6.07. The lowest BCUT2D eigenvalue weighted by Gasteiger charge is -2.19. The topological polar surface area (TPSA) is 44.4 Å². The van der Waals surface area contributed by atoms with Crippen LogP contribution >= 0.6 is 11.6 Å². The minimum Gasteiger partial charge on any atom is -0.336 e. The summed E-state index contributed by atoms with van der Waals surface area (Å²) >= 11 is 5.78. The molecule has 1 unspecified atom stereocenters. The van der Waals surface area contributed by atoms with Gasteiger partial charge in [-0.05, 0) is 50.7 Å². The fourth-order valence-electron chi connectivity index (χ4n) is 2.16. The van der Waals surface area contributed by atoms with Crippen LogP contribution in [0.4, 0.5) is 10.5 Å². The van der Waals surface area contributed by atoms with Crippen LogP contribution in [0.25, 0.3) is 0 Å². The fourth-order valence-corrected chi connectivity index (χ4v) is 2.28. The van der Waals surface area contributed by atoms with Crippen LogP contribution in [0.5, 0.6) is 0 Å². The molecule has 1 saturated heterocycles. The predicted molar refractivity (Wildman–Crippen MR) is 74.1 cm³/mol. The molecule has 2 rings (SSSR count). The molecule has 0 radical (unpaired) electrons. The number of carbonyl (C=O) groups excluding carboxylic acids is 1. The number of amides is 2. The molecule has 2 N–H and O–H groups in total. The molecule has 1 aliphatic heterocycles. The summed E-state index contributed by atoms with van der Waals surface area (Å²) < 4.78 is 0. The van der Waals surface area contributed by atoms with Crippen molar-refractivity contribution in [2.45, 2.75) is 18.9 Å². The predicted octanol–water partition coefficient (Wildman–Crippen LogP) is 2.56. The van der Waals surface area contributed by atoms with Crippen LogP contribution in [-0.4, -0.2) is 37.1 Å². The lowest BCUT2D eigenvalue weighted by atomic mass is 10.2. The monoisotopic (exact) mass is 267 g/mol. The zero-order valence-corrected chi connectivity index (χ0v) is 11.2. The third-order valence-corrected chi connectivity index (χ3v) is 3.52. The second-order valence-electron chi connectivity index (χ2n) is 4.62. The molecule has 1 aromatic carbocycles. The van der Waals surface area contributed by atoms with Gasteiger partial charge < -0.3 is 15.5 Å². The molecule has 98 valence electrons. The molecule has 0 bridgehead atoms. The van der Waals surface area contributed by atoms with Crippen molar-refractivity contribution in [3.05, 3.63) is 29.3 Å². The molecular formula is C13H18ClN3O. The van der Waals surface area contributed by atoms with Crippen molar-refractivity contribution >= 4 is 23.3 Å². The Bertz CT molecular complexity index is 407. The van der Waals surface area contributed by atoms with Gasteiger partial charge in [-0.1, -0.05) is 11.6 Å². The van der Waals surface area contributed by atoms with E-state index in [9.17, 15) is 4.79 Å². The Labute approximate surface area is 112 Å². The first-order chi connectivity index (χ1) is 8.65. The van der Waals surface area contributed by atoms with Crippen molar-refractivity contribution in [2.24, 2.45) is 0 Å². The molecule has 1 heterocycles. The Hall–Kier alpha value is -1.26. The Morgan fingerprint density at radius 3 is 2.78 bits per heavy atom. The summed E-state index contributed by atoms with van der Waals surface area (Å²) in [5.41, 5.74) is 0.747. The molecular weight excluding hydrogens is 250 g/mol.